The number of amides is 1. The Morgan fingerprint density at radius 1 is 1.24 bits per heavy atom. The van der Waals surface area contributed by atoms with Crippen LogP contribution in [0.2, 0.25) is 0 Å². The van der Waals surface area contributed by atoms with Crippen molar-refractivity contribution in [2.24, 2.45) is 0 Å². The van der Waals surface area contributed by atoms with Crippen LogP contribution in [0.15, 0.2) is 36.4 Å². The molecule has 7 heteroatoms. The summed E-state index contributed by atoms with van der Waals surface area (Å²) in [7, 11) is 0. The van der Waals surface area contributed by atoms with E-state index in [1.165, 1.54) is 12.1 Å². The highest BCUT2D eigenvalue weighted by Gasteiger charge is 2.30. The number of benzene rings is 1. The van der Waals surface area contributed by atoms with Crippen LogP contribution in [-0.2, 0) is 9.53 Å². The van der Waals surface area contributed by atoms with E-state index in [1.54, 1.807) is 18.2 Å². The van der Waals surface area contributed by atoms with Gasteiger partial charge in [-0.3, -0.25) is 4.79 Å². The van der Waals surface area contributed by atoms with Gasteiger partial charge in [0.05, 0.1) is 18.8 Å². The van der Waals surface area contributed by atoms with Crippen molar-refractivity contribution >= 4 is 17.5 Å². The van der Waals surface area contributed by atoms with Gasteiger partial charge >= 0.3 is 0 Å². The van der Waals surface area contributed by atoms with E-state index in [9.17, 15) is 9.18 Å². The highest BCUT2D eigenvalue weighted by atomic mass is 19.1. The summed E-state index contributed by atoms with van der Waals surface area (Å²) >= 11 is 0. The molecule has 1 aromatic heterocycles. The normalized spacial score (nSPS) is 22.8. The van der Waals surface area contributed by atoms with Crippen LogP contribution in [-0.4, -0.2) is 36.8 Å². The molecule has 0 unspecified atom stereocenters. The molecule has 1 aromatic carbocycles. The minimum absolute atomic E-state index is 0.000813. The van der Waals surface area contributed by atoms with Crippen LogP contribution < -0.4 is 15.0 Å². The van der Waals surface area contributed by atoms with E-state index in [0.29, 0.717) is 30.5 Å². The molecular weight excluding hydrogens is 325 g/mol. The van der Waals surface area contributed by atoms with Crippen molar-refractivity contribution in [3.05, 3.63) is 47.8 Å². The van der Waals surface area contributed by atoms with Gasteiger partial charge in [-0.25, -0.2) is 9.37 Å². The molecule has 25 heavy (non-hydrogen) atoms. The van der Waals surface area contributed by atoms with Crippen LogP contribution in [0.4, 0.5) is 16.0 Å². The number of nitrogens with one attached hydrogen (secondary N) is 1. The Morgan fingerprint density at radius 2 is 2.04 bits per heavy atom. The fourth-order valence-corrected chi connectivity index (χ4v) is 3.13. The maximum Gasteiger partial charge on any atom is 0.263 e. The molecule has 2 aliphatic rings. The maximum absolute atomic E-state index is 13.2. The lowest BCUT2D eigenvalue weighted by Gasteiger charge is -2.40. The first kappa shape index (κ1) is 15.8. The number of carbonyl (C=O) groups excluding carboxylic acids is 1. The number of ether oxygens (including phenoxy) is 2. The first-order chi connectivity index (χ1) is 12.1. The molecule has 1 fully saturated rings. The van der Waals surface area contributed by atoms with E-state index in [2.05, 4.69) is 15.2 Å². The molecule has 0 radical (unpaired) electrons. The van der Waals surface area contributed by atoms with Crippen LogP contribution in [0.3, 0.4) is 0 Å². The molecule has 130 valence electrons. The smallest absolute Gasteiger partial charge is 0.263 e. The van der Waals surface area contributed by atoms with E-state index >= 15 is 0 Å². The number of hydrogen-bond donors (Lipinski definition) is 1. The lowest BCUT2D eigenvalue weighted by atomic mass is 10.0. The van der Waals surface area contributed by atoms with Crippen LogP contribution in [0.25, 0.3) is 0 Å². The van der Waals surface area contributed by atoms with Gasteiger partial charge in [0.15, 0.2) is 18.2 Å². The first-order valence-corrected chi connectivity index (χ1v) is 8.17. The zero-order valence-electron chi connectivity index (χ0n) is 13.7. The minimum Gasteiger partial charge on any atom is -0.480 e. The van der Waals surface area contributed by atoms with Crippen molar-refractivity contribution < 1.29 is 18.7 Å². The van der Waals surface area contributed by atoms with Gasteiger partial charge in [0.2, 0.25) is 0 Å². The lowest BCUT2D eigenvalue weighted by Crippen LogP contribution is -2.44. The number of hydrogen-bond acceptors (Lipinski definition) is 5. The molecule has 2 atom stereocenters. The number of anilines is 2. The molecule has 2 aliphatic heterocycles. The van der Waals surface area contributed by atoms with Crippen molar-refractivity contribution in [3.63, 3.8) is 0 Å². The van der Waals surface area contributed by atoms with Gasteiger partial charge in [0, 0.05) is 6.54 Å². The fraction of sp³-hybridized carbons (Fsp3) is 0.333. The molecule has 2 aromatic rings. The third-order valence-electron chi connectivity index (χ3n) is 4.38. The Morgan fingerprint density at radius 3 is 2.84 bits per heavy atom. The Balaban J connectivity index is 1.68. The quantitative estimate of drug-likeness (QED) is 0.908. The monoisotopic (exact) mass is 343 g/mol. The Labute approximate surface area is 144 Å². The van der Waals surface area contributed by atoms with Crippen molar-refractivity contribution in [1.82, 2.24) is 4.98 Å². The second-order valence-corrected chi connectivity index (χ2v) is 6.22. The van der Waals surface area contributed by atoms with E-state index in [4.69, 9.17) is 9.47 Å². The summed E-state index contributed by atoms with van der Waals surface area (Å²) in [6, 6.07) is 10.00. The van der Waals surface area contributed by atoms with Gasteiger partial charge in [-0.2, -0.15) is 0 Å². The standard InChI is InChI=1S/C18H18FN3O3/c1-11-8-22(14(9-24-11)12-2-4-13(19)5-3-12)16-7-6-15-18(20-16)21-17(23)10-25-15/h2-7,11,14H,8-10H2,1H3,(H,20,21,23)/t11-,14+/m1/s1. The first-order valence-electron chi connectivity index (χ1n) is 8.17. The zero-order chi connectivity index (χ0) is 17.4. The summed E-state index contributed by atoms with van der Waals surface area (Å²) in [6.07, 6.45) is 0.0420. The van der Waals surface area contributed by atoms with Gasteiger partial charge < -0.3 is 19.7 Å². The van der Waals surface area contributed by atoms with Crippen LogP contribution in [0, 0.1) is 5.82 Å². The number of nitrogens with zero attached hydrogens (tertiary/aromatic N) is 2. The van der Waals surface area contributed by atoms with Gasteiger partial charge in [0.1, 0.15) is 11.6 Å². The van der Waals surface area contributed by atoms with Crippen LogP contribution >= 0.6 is 0 Å². The van der Waals surface area contributed by atoms with Gasteiger partial charge in [0.25, 0.3) is 5.91 Å². The minimum atomic E-state index is -0.271. The summed E-state index contributed by atoms with van der Waals surface area (Å²) in [6.45, 7) is 3.12. The third kappa shape index (κ3) is 3.15. The number of morpholine rings is 1. The second-order valence-electron chi connectivity index (χ2n) is 6.22. The van der Waals surface area contributed by atoms with Crippen LogP contribution in [0.5, 0.6) is 5.75 Å². The molecule has 0 bridgehead atoms. The van der Waals surface area contributed by atoms with E-state index < -0.39 is 0 Å². The Hall–Kier alpha value is -2.67. The number of aromatic nitrogens is 1. The Kier molecular flexibility index (Phi) is 4.01. The largest absolute Gasteiger partial charge is 0.480 e. The van der Waals surface area contributed by atoms with Crippen molar-refractivity contribution in [2.45, 2.75) is 19.1 Å². The summed E-state index contributed by atoms with van der Waals surface area (Å²) < 4.78 is 24.4. The SMILES string of the molecule is C[C@@H]1CN(c2ccc3c(n2)NC(=O)CO3)[C@H](c2ccc(F)cc2)CO1. The van der Waals surface area contributed by atoms with E-state index in [1.807, 2.05) is 13.0 Å². The molecule has 3 heterocycles. The molecule has 0 aliphatic carbocycles. The fourth-order valence-electron chi connectivity index (χ4n) is 3.13. The molecule has 6 nitrogen and oxygen atoms in total. The average molecular weight is 343 g/mol. The van der Waals surface area contributed by atoms with Crippen molar-refractivity contribution in [2.75, 3.05) is 30.0 Å². The Bertz CT molecular complexity index is 797. The van der Waals surface area contributed by atoms with Gasteiger partial charge in [-0.05, 0) is 36.8 Å². The summed E-state index contributed by atoms with van der Waals surface area (Å²) in [4.78, 5) is 18.2. The van der Waals surface area contributed by atoms with Crippen LogP contribution in [0.1, 0.15) is 18.5 Å². The highest BCUT2D eigenvalue weighted by Crippen LogP contribution is 2.34. The number of fused-ring (bicyclic) bond motifs is 1. The predicted molar refractivity (Wildman–Crippen MR) is 90.3 cm³/mol. The van der Waals surface area contributed by atoms with Gasteiger partial charge in [-0.1, -0.05) is 12.1 Å². The third-order valence-corrected chi connectivity index (χ3v) is 4.38. The molecule has 1 amide bonds. The summed E-state index contributed by atoms with van der Waals surface area (Å²) in [5.41, 5.74) is 0.952. The number of halogens is 1. The summed E-state index contributed by atoms with van der Waals surface area (Å²) in [5, 5.41) is 2.73. The van der Waals surface area contributed by atoms with Gasteiger partial charge in [-0.15, -0.1) is 0 Å². The zero-order valence-corrected chi connectivity index (χ0v) is 13.7. The predicted octanol–water partition coefficient (Wildman–Crippen LogP) is 2.52. The summed E-state index contributed by atoms with van der Waals surface area (Å²) in [5.74, 6) is 1.21. The highest BCUT2D eigenvalue weighted by molar-refractivity contribution is 5.94. The number of pyridine rings is 1. The lowest BCUT2D eigenvalue weighted by molar-refractivity contribution is -0.118. The van der Waals surface area contributed by atoms with Crippen molar-refractivity contribution in [3.8, 4) is 5.75 Å². The molecule has 1 saturated heterocycles. The number of carbonyl (C=O) groups is 1. The maximum atomic E-state index is 13.2. The molecule has 0 spiro atoms. The second kappa shape index (κ2) is 6.33. The van der Waals surface area contributed by atoms with E-state index in [-0.39, 0.29) is 30.5 Å². The van der Waals surface area contributed by atoms with E-state index in [0.717, 1.165) is 5.56 Å². The average Bonchev–Trinajstić information content (AvgIpc) is 2.62. The molecule has 0 saturated carbocycles. The topological polar surface area (TPSA) is 63.7 Å². The molecule has 1 N–H and O–H groups in total. The number of rotatable bonds is 2. The molecular formula is C18H18FN3O3. The molecule has 4 rings (SSSR count). The van der Waals surface area contributed by atoms with Crippen molar-refractivity contribution in [1.29, 1.82) is 0 Å².